The Morgan fingerprint density at radius 1 is 1.15 bits per heavy atom. The molecule has 0 spiro atoms. The maximum Gasteiger partial charge on any atom is 0.126 e. The van der Waals surface area contributed by atoms with E-state index in [1.54, 1.807) is 25.1 Å². The van der Waals surface area contributed by atoms with Crippen LogP contribution in [0.15, 0.2) is 45.3 Å². The van der Waals surface area contributed by atoms with Crippen molar-refractivity contribution in [1.29, 1.82) is 0 Å². The first kappa shape index (κ1) is 15.5. The van der Waals surface area contributed by atoms with Crippen LogP contribution in [-0.2, 0) is 6.61 Å². The van der Waals surface area contributed by atoms with E-state index in [2.05, 4.69) is 31.9 Å². The SMILES string of the molecule is CC(O)c1ccc(Br)cc1OCc1cc(F)cc(Br)c1. The van der Waals surface area contributed by atoms with E-state index in [0.29, 0.717) is 21.3 Å². The van der Waals surface area contributed by atoms with E-state index in [9.17, 15) is 9.50 Å². The fraction of sp³-hybridized carbons (Fsp3) is 0.200. The summed E-state index contributed by atoms with van der Waals surface area (Å²) in [5.74, 6) is 0.262. The molecule has 2 nitrogen and oxygen atoms in total. The smallest absolute Gasteiger partial charge is 0.126 e. The van der Waals surface area contributed by atoms with Crippen molar-refractivity contribution in [3.05, 3.63) is 62.3 Å². The molecule has 0 aromatic heterocycles. The Hall–Kier alpha value is -0.910. The van der Waals surface area contributed by atoms with Crippen molar-refractivity contribution in [3.8, 4) is 5.75 Å². The van der Waals surface area contributed by atoms with Crippen LogP contribution in [0.1, 0.15) is 24.2 Å². The van der Waals surface area contributed by atoms with Crippen LogP contribution in [0.25, 0.3) is 0 Å². The average Bonchev–Trinajstić information content (AvgIpc) is 2.35. The van der Waals surface area contributed by atoms with E-state index in [0.717, 1.165) is 4.47 Å². The summed E-state index contributed by atoms with van der Waals surface area (Å²) in [6.07, 6.45) is -0.627. The van der Waals surface area contributed by atoms with Crippen molar-refractivity contribution in [2.75, 3.05) is 0 Å². The van der Waals surface area contributed by atoms with Gasteiger partial charge in [0.2, 0.25) is 0 Å². The van der Waals surface area contributed by atoms with Gasteiger partial charge < -0.3 is 9.84 Å². The van der Waals surface area contributed by atoms with Gasteiger partial charge in [-0.25, -0.2) is 4.39 Å². The predicted molar refractivity (Wildman–Crippen MR) is 83.2 cm³/mol. The molecule has 2 aromatic carbocycles. The second-order valence-corrected chi connectivity index (χ2v) is 6.26. The van der Waals surface area contributed by atoms with E-state index in [1.165, 1.54) is 12.1 Å². The van der Waals surface area contributed by atoms with E-state index < -0.39 is 6.10 Å². The zero-order valence-corrected chi connectivity index (χ0v) is 13.9. The van der Waals surface area contributed by atoms with Crippen molar-refractivity contribution in [2.45, 2.75) is 19.6 Å². The number of hydrogen-bond acceptors (Lipinski definition) is 2. The van der Waals surface area contributed by atoms with E-state index >= 15 is 0 Å². The quantitative estimate of drug-likeness (QED) is 0.779. The van der Waals surface area contributed by atoms with Gasteiger partial charge in [0, 0.05) is 14.5 Å². The monoisotopic (exact) mass is 402 g/mol. The Bertz CT molecular complexity index is 595. The molecule has 0 aliphatic rings. The molecule has 5 heteroatoms. The second-order valence-electron chi connectivity index (χ2n) is 4.42. The summed E-state index contributed by atoms with van der Waals surface area (Å²) in [6.45, 7) is 1.90. The highest BCUT2D eigenvalue weighted by Crippen LogP contribution is 2.29. The zero-order valence-electron chi connectivity index (χ0n) is 10.7. The largest absolute Gasteiger partial charge is 0.488 e. The first-order chi connectivity index (χ1) is 9.45. The average molecular weight is 404 g/mol. The van der Waals surface area contributed by atoms with Gasteiger partial charge in [-0.3, -0.25) is 0 Å². The standard InChI is InChI=1S/C15H13Br2FO2/c1-9(19)14-3-2-11(16)7-15(14)20-8-10-4-12(17)6-13(18)5-10/h2-7,9,19H,8H2,1H3. The first-order valence-corrected chi connectivity index (χ1v) is 7.59. The number of ether oxygens (including phenoxy) is 1. The van der Waals surface area contributed by atoms with Gasteiger partial charge in [-0.05, 0) is 42.8 Å². The maximum atomic E-state index is 13.3. The molecule has 1 N–H and O–H groups in total. The molecule has 1 unspecified atom stereocenters. The Balaban J connectivity index is 2.20. The molecule has 2 rings (SSSR count). The summed E-state index contributed by atoms with van der Waals surface area (Å²) < 4.78 is 20.5. The van der Waals surface area contributed by atoms with Gasteiger partial charge in [0.25, 0.3) is 0 Å². The van der Waals surface area contributed by atoms with Gasteiger partial charge in [0.05, 0.1) is 6.10 Å². The van der Waals surface area contributed by atoms with Gasteiger partial charge in [-0.2, -0.15) is 0 Å². The molecule has 0 saturated carbocycles. The highest BCUT2D eigenvalue weighted by Gasteiger charge is 2.10. The van der Waals surface area contributed by atoms with Crippen LogP contribution >= 0.6 is 31.9 Å². The molecule has 0 heterocycles. The number of rotatable bonds is 4. The molecule has 0 amide bonds. The number of hydrogen-bond donors (Lipinski definition) is 1. The molecule has 106 valence electrons. The summed E-state index contributed by atoms with van der Waals surface area (Å²) in [5, 5.41) is 9.72. The van der Waals surface area contributed by atoms with Gasteiger partial charge in [0.15, 0.2) is 0 Å². The van der Waals surface area contributed by atoms with Gasteiger partial charge in [-0.15, -0.1) is 0 Å². The summed E-state index contributed by atoms with van der Waals surface area (Å²) in [6, 6.07) is 10.0. The molecule has 0 fully saturated rings. The lowest BCUT2D eigenvalue weighted by atomic mass is 10.1. The van der Waals surface area contributed by atoms with Crippen LogP contribution < -0.4 is 4.74 Å². The molecule has 0 aliphatic carbocycles. The van der Waals surface area contributed by atoms with E-state index in [1.807, 2.05) is 6.07 Å². The summed E-state index contributed by atoms with van der Waals surface area (Å²) in [4.78, 5) is 0. The molecule has 0 aliphatic heterocycles. The first-order valence-electron chi connectivity index (χ1n) is 6.01. The minimum atomic E-state index is -0.627. The Morgan fingerprint density at radius 2 is 1.90 bits per heavy atom. The third kappa shape index (κ3) is 4.04. The van der Waals surface area contributed by atoms with Crippen LogP contribution in [0.3, 0.4) is 0 Å². The van der Waals surface area contributed by atoms with Crippen molar-refractivity contribution < 1.29 is 14.2 Å². The van der Waals surface area contributed by atoms with Crippen LogP contribution in [0, 0.1) is 5.82 Å². The van der Waals surface area contributed by atoms with Gasteiger partial charge in [-0.1, -0.05) is 37.9 Å². The lowest BCUT2D eigenvalue weighted by molar-refractivity contribution is 0.190. The van der Waals surface area contributed by atoms with Gasteiger partial charge in [0.1, 0.15) is 18.2 Å². The lowest BCUT2D eigenvalue weighted by Gasteiger charge is -2.14. The second kappa shape index (κ2) is 6.70. The van der Waals surface area contributed by atoms with Crippen molar-refractivity contribution in [1.82, 2.24) is 0 Å². The highest BCUT2D eigenvalue weighted by molar-refractivity contribution is 9.10. The molecule has 0 radical (unpaired) electrons. The van der Waals surface area contributed by atoms with Crippen molar-refractivity contribution in [2.24, 2.45) is 0 Å². The molecule has 0 bridgehead atoms. The molecule has 20 heavy (non-hydrogen) atoms. The molecule has 2 aromatic rings. The molecule has 1 atom stereocenters. The van der Waals surface area contributed by atoms with Crippen molar-refractivity contribution >= 4 is 31.9 Å². The number of benzene rings is 2. The Morgan fingerprint density at radius 3 is 2.55 bits per heavy atom. The highest BCUT2D eigenvalue weighted by atomic mass is 79.9. The number of aliphatic hydroxyl groups is 1. The lowest BCUT2D eigenvalue weighted by Crippen LogP contribution is -2.01. The normalized spacial score (nSPS) is 12.2. The predicted octanol–water partition coefficient (Wildman–Crippen LogP) is 4.98. The summed E-state index contributed by atoms with van der Waals surface area (Å²) in [5.41, 5.74) is 1.41. The fourth-order valence-electron chi connectivity index (χ4n) is 1.83. The Kier molecular flexibility index (Phi) is 5.18. The molecule has 0 saturated heterocycles. The van der Waals surface area contributed by atoms with Crippen LogP contribution in [-0.4, -0.2) is 5.11 Å². The van der Waals surface area contributed by atoms with E-state index in [-0.39, 0.29) is 12.4 Å². The van der Waals surface area contributed by atoms with Crippen LogP contribution in [0.5, 0.6) is 5.75 Å². The molecular formula is C15H13Br2FO2. The zero-order chi connectivity index (χ0) is 14.7. The van der Waals surface area contributed by atoms with E-state index in [4.69, 9.17) is 4.74 Å². The summed E-state index contributed by atoms with van der Waals surface area (Å²) >= 11 is 6.61. The minimum absolute atomic E-state index is 0.229. The van der Waals surface area contributed by atoms with Crippen LogP contribution in [0.2, 0.25) is 0 Å². The van der Waals surface area contributed by atoms with Crippen molar-refractivity contribution in [3.63, 3.8) is 0 Å². The molecular weight excluding hydrogens is 391 g/mol. The number of aliphatic hydroxyl groups excluding tert-OH is 1. The summed E-state index contributed by atoms with van der Waals surface area (Å²) in [7, 11) is 0. The third-order valence-corrected chi connectivity index (χ3v) is 3.69. The maximum absolute atomic E-state index is 13.3. The third-order valence-electron chi connectivity index (χ3n) is 2.74. The minimum Gasteiger partial charge on any atom is -0.488 e. The van der Waals surface area contributed by atoms with Gasteiger partial charge >= 0.3 is 0 Å². The topological polar surface area (TPSA) is 29.5 Å². The van der Waals surface area contributed by atoms with Crippen LogP contribution in [0.4, 0.5) is 4.39 Å². The fourth-order valence-corrected chi connectivity index (χ4v) is 2.69. The Labute approximate surface area is 133 Å². The number of halogens is 3.